The highest BCUT2D eigenvalue weighted by atomic mass is 32.5. The third kappa shape index (κ3) is 6.26. The highest BCUT2D eigenvalue weighted by Crippen LogP contribution is 2.56. The van der Waals surface area contributed by atoms with E-state index in [-0.39, 0.29) is 46.4 Å². The molecule has 22 heteroatoms. The Morgan fingerprint density at radius 3 is 2.44 bits per heavy atom. The van der Waals surface area contributed by atoms with Crippen LogP contribution in [0.5, 0.6) is 0 Å². The van der Waals surface area contributed by atoms with Crippen molar-refractivity contribution >= 4 is 60.9 Å². The summed E-state index contributed by atoms with van der Waals surface area (Å²) in [6.45, 7) is 5.41. The highest BCUT2D eigenvalue weighted by molar-refractivity contribution is 8.07. The van der Waals surface area contributed by atoms with E-state index in [4.69, 9.17) is 46.2 Å². The Hall–Kier alpha value is -2.98. The molecule has 0 spiro atoms. The lowest BCUT2D eigenvalue weighted by Crippen LogP contribution is -2.50. The smallest absolute Gasteiger partial charge is 0.325 e. The summed E-state index contributed by atoms with van der Waals surface area (Å²) >= 11 is 5.54. The van der Waals surface area contributed by atoms with Crippen molar-refractivity contribution in [3.8, 4) is 0 Å². The van der Waals surface area contributed by atoms with Gasteiger partial charge in [-0.3, -0.25) is 23.4 Å². The van der Waals surface area contributed by atoms with Gasteiger partial charge in [-0.15, -0.1) is 0 Å². The zero-order valence-electron chi connectivity index (χ0n) is 27.9. The number of hydrogen-bond acceptors (Lipinski definition) is 15. The number of nitrogen functional groups attached to an aromatic ring is 2. The first-order valence-corrected chi connectivity index (χ1v) is 21.5. The van der Waals surface area contributed by atoms with Crippen LogP contribution < -0.4 is 17.0 Å². The number of aromatic nitrogens is 8. The maximum atomic E-state index is 15.6. The lowest BCUT2D eigenvalue weighted by molar-refractivity contribution is -0.146. The molecular weight excluding hydrogens is 714 g/mol. The topological polar surface area (TPSA) is 246 Å². The van der Waals surface area contributed by atoms with Gasteiger partial charge in [0.15, 0.2) is 43.4 Å². The average molecular weight is 755 g/mol. The van der Waals surface area contributed by atoms with E-state index in [2.05, 4.69) is 50.7 Å². The SMILES string of the molecule is CC(C)(C)[Si](C)(C)OC1C(OP(O)(=S)OC[C@H]2O[C@@H](n3cnc4c(N)ncnc43)C(F)C3CC32)[C@H](n2cnc3c(=O)[nH]c(N)nc32)O[C@@H]1CO. The van der Waals surface area contributed by atoms with E-state index in [1.54, 1.807) is 0 Å². The Morgan fingerprint density at radius 1 is 1.06 bits per heavy atom. The van der Waals surface area contributed by atoms with Crippen LogP contribution in [-0.4, -0.2) is 101 Å². The van der Waals surface area contributed by atoms with E-state index >= 15 is 4.39 Å². The van der Waals surface area contributed by atoms with Crippen LogP contribution in [-0.2, 0) is 34.8 Å². The summed E-state index contributed by atoms with van der Waals surface area (Å²) in [5, 5.41) is 10.2. The van der Waals surface area contributed by atoms with Crippen molar-refractivity contribution < 1.29 is 37.3 Å². The number of nitrogens with two attached hydrogens (primary N) is 2. The molecule has 1 aliphatic carbocycles. The van der Waals surface area contributed by atoms with Gasteiger partial charge >= 0.3 is 6.72 Å². The third-order valence-electron chi connectivity index (χ3n) is 10.1. The van der Waals surface area contributed by atoms with Crippen LogP contribution >= 0.6 is 6.72 Å². The summed E-state index contributed by atoms with van der Waals surface area (Å²) in [5.74, 6) is -0.476. The minimum absolute atomic E-state index is 0.00970. The van der Waals surface area contributed by atoms with Gasteiger partial charge in [0.05, 0.1) is 32.0 Å². The first kappa shape index (κ1) is 35.4. The number of ether oxygens (including phenoxy) is 2. The lowest BCUT2D eigenvalue weighted by atomic mass is 10.1. The molecule has 0 bridgehead atoms. The largest absolute Gasteiger partial charge is 0.408 e. The minimum atomic E-state index is -4.13. The Bertz CT molecular complexity index is 2030. The van der Waals surface area contributed by atoms with Gasteiger partial charge in [-0.1, -0.05) is 20.8 Å². The number of aliphatic hydroxyl groups is 1. The van der Waals surface area contributed by atoms with Gasteiger partial charge in [0.1, 0.15) is 36.3 Å². The van der Waals surface area contributed by atoms with Gasteiger partial charge in [0.2, 0.25) is 5.95 Å². The quantitative estimate of drug-likeness (QED) is 0.115. The second-order valence-corrected chi connectivity index (χ2v) is 21.9. The number of aromatic amines is 1. The number of nitrogens with one attached hydrogen (secondary N) is 1. The molecule has 6 unspecified atom stereocenters. The van der Waals surface area contributed by atoms with Crippen LogP contribution in [0.15, 0.2) is 23.8 Å². The highest BCUT2D eigenvalue weighted by Gasteiger charge is 2.58. The summed E-state index contributed by atoms with van der Waals surface area (Å²) in [4.78, 5) is 47.4. The molecule has 3 fully saturated rings. The molecule has 1 saturated carbocycles. The van der Waals surface area contributed by atoms with E-state index in [0.717, 1.165) is 0 Å². The van der Waals surface area contributed by atoms with Crippen molar-refractivity contribution in [3.05, 3.63) is 29.3 Å². The molecule has 3 aliphatic rings. The molecule has 7 N–H and O–H groups in total. The number of fused-ring (bicyclic) bond motifs is 3. The molecule has 2 aliphatic heterocycles. The fourth-order valence-corrected chi connectivity index (χ4v) is 9.09. The number of rotatable bonds is 10. The van der Waals surface area contributed by atoms with Crippen molar-refractivity contribution in [1.29, 1.82) is 0 Å². The molecule has 0 radical (unpaired) electrons. The van der Waals surface area contributed by atoms with E-state index in [0.29, 0.717) is 17.6 Å². The number of hydrogen-bond donors (Lipinski definition) is 5. The van der Waals surface area contributed by atoms with Crippen LogP contribution in [0.4, 0.5) is 16.2 Å². The average Bonchev–Trinajstić information content (AvgIpc) is 3.38. The first-order chi connectivity index (χ1) is 23.5. The Labute approximate surface area is 291 Å². The fraction of sp³-hybridized carbons (Fsp3) is 0.643. The fourth-order valence-electron chi connectivity index (χ4n) is 6.37. The van der Waals surface area contributed by atoms with E-state index in [1.807, 2.05) is 13.1 Å². The van der Waals surface area contributed by atoms with Gasteiger partial charge in [0, 0.05) is 5.92 Å². The summed E-state index contributed by atoms with van der Waals surface area (Å²) < 4.78 is 49.8. The second-order valence-electron chi connectivity index (χ2n) is 14.4. The minimum Gasteiger partial charge on any atom is -0.408 e. The van der Waals surface area contributed by atoms with Crippen molar-refractivity contribution in [3.63, 3.8) is 0 Å². The number of aliphatic hydroxyl groups excluding tert-OH is 1. The summed E-state index contributed by atoms with van der Waals surface area (Å²) in [5.41, 5.74) is 11.9. The zero-order chi connectivity index (χ0) is 35.9. The number of anilines is 2. The standard InChI is InChI=1S/C28H40FN10O8PSSi/c1-28(2,3)50(4,5)47-19-14(7-40)44-26(39-11-35-18-23(39)36-27(31)37-24(18)41)20(19)46-48(42,49)43-8-15-12-6-13(12)16(29)25(45-15)38-10-34-17-21(30)32-9-33-22(17)38/h9-16,19-20,25-26,40H,6-8H2,1-5H3,(H,42,49)(H2,30,32,33)(H3,31,36,37,41)/t12?,13?,14-,15-,16?,19?,20?,25-,26-,48?/m1/s1. The second kappa shape index (κ2) is 12.6. The summed E-state index contributed by atoms with van der Waals surface area (Å²) in [6.07, 6.45) is -2.68. The van der Waals surface area contributed by atoms with Crippen LogP contribution in [0.2, 0.25) is 18.1 Å². The molecule has 2 saturated heterocycles. The Kier molecular flexibility index (Phi) is 8.93. The van der Waals surface area contributed by atoms with Crippen LogP contribution in [0.1, 0.15) is 39.6 Å². The monoisotopic (exact) mass is 754 g/mol. The van der Waals surface area contributed by atoms with Crippen molar-refractivity contribution in [2.24, 2.45) is 11.8 Å². The molecule has 10 atom stereocenters. The van der Waals surface area contributed by atoms with Crippen molar-refractivity contribution in [1.82, 2.24) is 39.0 Å². The van der Waals surface area contributed by atoms with E-state index < -0.39 is 70.2 Å². The molecule has 6 heterocycles. The molecular formula is C28H40FN10O8PSSi. The summed E-state index contributed by atoms with van der Waals surface area (Å²) in [7, 11) is -2.55. The molecule has 4 aromatic heterocycles. The predicted octanol–water partition coefficient (Wildman–Crippen LogP) is 1.89. The molecule has 4 aromatic rings. The molecule has 7 rings (SSSR count). The van der Waals surface area contributed by atoms with E-state index in [9.17, 15) is 14.8 Å². The van der Waals surface area contributed by atoms with Crippen LogP contribution in [0.3, 0.4) is 0 Å². The van der Waals surface area contributed by atoms with Gasteiger partial charge in [-0.2, -0.15) is 4.98 Å². The molecule has 0 aromatic carbocycles. The third-order valence-corrected chi connectivity index (χ3v) is 16.1. The Balaban J connectivity index is 1.15. The number of imidazole rings is 2. The van der Waals surface area contributed by atoms with E-state index in [1.165, 1.54) is 28.1 Å². The number of halogens is 1. The maximum Gasteiger partial charge on any atom is 0.325 e. The van der Waals surface area contributed by atoms with Gasteiger partial charge in [-0.05, 0) is 42.3 Å². The van der Waals surface area contributed by atoms with Gasteiger partial charge in [0.25, 0.3) is 5.56 Å². The van der Waals surface area contributed by atoms with Gasteiger partial charge in [-0.25, -0.2) is 24.3 Å². The van der Waals surface area contributed by atoms with Gasteiger partial charge < -0.3 is 39.9 Å². The number of nitrogens with zero attached hydrogens (tertiary/aromatic N) is 7. The van der Waals surface area contributed by atoms with Crippen LogP contribution in [0.25, 0.3) is 22.3 Å². The maximum absolute atomic E-state index is 15.6. The molecule has 18 nitrogen and oxygen atoms in total. The lowest BCUT2D eigenvalue weighted by Gasteiger charge is -2.40. The summed E-state index contributed by atoms with van der Waals surface area (Å²) in [6, 6.07) is 0. The molecule has 0 amide bonds. The normalized spacial score (nSPS) is 31.2. The van der Waals surface area contributed by atoms with Crippen molar-refractivity contribution in [2.45, 2.75) is 88.4 Å². The first-order valence-electron chi connectivity index (χ1n) is 16.0. The molecule has 272 valence electrons. The number of alkyl halides is 1. The molecule has 50 heavy (non-hydrogen) atoms. The van der Waals surface area contributed by atoms with Crippen molar-refractivity contribution in [2.75, 3.05) is 24.7 Å². The number of H-pyrrole nitrogens is 1. The van der Waals surface area contributed by atoms with Crippen LogP contribution in [0, 0.1) is 11.8 Å². The Morgan fingerprint density at radius 2 is 1.74 bits per heavy atom. The predicted molar refractivity (Wildman–Crippen MR) is 183 cm³/mol. The zero-order valence-corrected chi connectivity index (χ0v) is 30.6.